The van der Waals surface area contributed by atoms with E-state index in [4.69, 9.17) is 16.3 Å². The van der Waals surface area contributed by atoms with E-state index in [1.807, 2.05) is 17.0 Å². The predicted octanol–water partition coefficient (Wildman–Crippen LogP) is 3.91. The number of pyridine rings is 3. The zero-order chi connectivity index (χ0) is 31.1. The number of carbonyl (C=O) groups excluding carboxylic acids is 1. The molecule has 0 N–H and O–H groups in total. The summed E-state index contributed by atoms with van der Waals surface area (Å²) in [6, 6.07) is 16.7. The summed E-state index contributed by atoms with van der Waals surface area (Å²) in [5.41, 5.74) is 1.10. The van der Waals surface area contributed by atoms with Gasteiger partial charge in [0.05, 0.1) is 23.9 Å². The molecule has 1 fully saturated rings. The number of piperazine rings is 1. The molecular weight excluding hydrogens is 602 g/mol. The van der Waals surface area contributed by atoms with Crippen LogP contribution in [0.2, 0.25) is 5.15 Å². The number of halogens is 1. The van der Waals surface area contributed by atoms with Gasteiger partial charge in [0.2, 0.25) is 5.88 Å². The van der Waals surface area contributed by atoms with Crippen molar-refractivity contribution in [1.29, 1.82) is 5.26 Å². The lowest BCUT2D eigenvalue weighted by molar-refractivity contribution is -0.127. The van der Waals surface area contributed by atoms with E-state index in [1.165, 1.54) is 24.4 Å². The number of rotatable bonds is 7. The van der Waals surface area contributed by atoms with Gasteiger partial charge >= 0.3 is 0 Å². The van der Waals surface area contributed by atoms with Crippen LogP contribution in [0.25, 0.3) is 0 Å². The highest BCUT2D eigenvalue weighted by Crippen LogP contribution is 2.52. The third-order valence-electron chi connectivity index (χ3n) is 7.90. The minimum absolute atomic E-state index is 0.103. The van der Waals surface area contributed by atoms with Gasteiger partial charge in [-0.3, -0.25) is 14.7 Å². The fraction of sp³-hybridized carbons (Fsp3) is 0.258. The van der Waals surface area contributed by atoms with E-state index in [1.54, 1.807) is 50.5 Å². The van der Waals surface area contributed by atoms with Crippen molar-refractivity contribution in [1.82, 2.24) is 19.9 Å². The zero-order valence-electron chi connectivity index (χ0n) is 24.0. The van der Waals surface area contributed by atoms with Crippen LogP contribution in [-0.4, -0.2) is 67.0 Å². The molecule has 11 nitrogen and oxygen atoms in total. The standard InChI is InChI=1S/C31H28ClN7O4S/c1-3-43-29-24(6-8-27(32)36-29)31(38-16-14-37(15-17-38)23-10-12-34-13-11-23)25-18-22(19-33)5-7-26(25)39(30(31)40)44(41,42)28-9-4-21(2)20-35-28/h4-13,18,20H,3,14-17H2,1-2H3. The third-order valence-corrected chi connectivity index (χ3v) is 9.72. The molecule has 2 aliphatic heterocycles. The number of fused-ring (bicyclic) bond motifs is 1. The Labute approximate surface area is 260 Å². The lowest BCUT2D eigenvalue weighted by atomic mass is 9.81. The molecule has 13 heteroatoms. The normalized spacial score (nSPS) is 18.6. The number of aromatic nitrogens is 3. The molecule has 1 saturated heterocycles. The summed E-state index contributed by atoms with van der Waals surface area (Å²) < 4.78 is 35.3. The number of hydrogen-bond acceptors (Lipinski definition) is 10. The number of nitrogens with zero attached hydrogens (tertiary/aromatic N) is 7. The number of anilines is 2. The first-order valence-electron chi connectivity index (χ1n) is 14.0. The number of amides is 1. The van der Waals surface area contributed by atoms with Gasteiger partial charge < -0.3 is 9.64 Å². The molecule has 1 unspecified atom stereocenters. The number of sulfonamides is 1. The van der Waals surface area contributed by atoms with Crippen molar-refractivity contribution < 1.29 is 17.9 Å². The van der Waals surface area contributed by atoms with Gasteiger partial charge in [0.25, 0.3) is 15.9 Å². The first-order valence-corrected chi connectivity index (χ1v) is 15.8. The second kappa shape index (κ2) is 11.5. The number of carbonyl (C=O) groups is 1. The van der Waals surface area contributed by atoms with Crippen LogP contribution in [0.15, 0.2) is 78.2 Å². The van der Waals surface area contributed by atoms with Crippen molar-refractivity contribution in [2.24, 2.45) is 0 Å². The maximum atomic E-state index is 15.1. The third kappa shape index (κ3) is 4.73. The minimum Gasteiger partial charge on any atom is -0.478 e. The molecule has 224 valence electrons. The molecule has 0 spiro atoms. The summed E-state index contributed by atoms with van der Waals surface area (Å²) in [6.45, 7) is 5.60. The fourth-order valence-electron chi connectivity index (χ4n) is 5.91. The second-order valence-corrected chi connectivity index (χ2v) is 12.5. The van der Waals surface area contributed by atoms with Crippen LogP contribution in [0.4, 0.5) is 11.4 Å². The topological polar surface area (TPSA) is 133 Å². The van der Waals surface area contributed by atoms with E-state index < -0.39 is 21.5 Å². The predicted molar refractivity (Wildman–Crippen MR) is 164 cm³/mol. The highest BCUT2D eigenvalue weighted by atomic mass is 35.5. The average molecular weight is 630 g/mol. The van der Waals surface area contributed by atoms with Crippen LogP contribution in [0.3, 0.4) is 0 Å². The molecular formula is C31H28ClN7O4S. The maximum absolute atomic E-state index is 15.1. The van der Waals surface area contributed by atoms with Crippen LogP contribution >= 0.6 is 11.6 Å². The number of aryl methyl sites for hydroxylation is 1. The Bertz CT molecular complexity index is 1880. The molecule has 5 heterocycles. The van der Waals surface area contributed by atoms with Gasteiger partial charge in [-0.2, -0.15) is 18.0 Å². The van der Waals surface area contributed by atoms with Crippen LogP contribution in [-0.2, 0) is 20.4 Å². The Morgan fingerprint density at radius 3 is 2.43 bits per heavy atom. The Kier molecular flexibility index (Phi) is 7.71. The molecule has 4 aromatic rings. The smallest absolute Gasteiger partial charge is 0.288 e. The van der Waals surface area contributed by atoms with Gasteiger partial charge in [0.15, 0.2) is 10.6 Å². The van der Waals surface area contributed by atoms with E-state index in [-0.39, 0.29) is 33.9 Å². The van der Waals surface area contributed by atoms with Crippen LogP contribution in [0.1, 0.15) is 29.2 Å². The quantitative estimate of drug-likeness (QED) is 0.277. The van der Waals surface area contributed by atoms with Crippen molar-refractivity contribution >= 4 is 38.9 Å². The SMILES string of the molecule is CCOc1nc(Cl)ccc1C1(N2CCN(c3ccncc3)CC2)C(=O)N(S(=O)(=O)c2ccc(C)cn2)c2ccc(C#N)cc21. The molecule has 0 bridgehead atoms. The summed E-state index contributed by atoms with van der Waals surface area (Å²) in [7, 11) is -4.48. The lowest BCUT2D eigenvalue weighted by Gasteiger charge is -2.45. The molecule has 3 aromatic heterocycles. The molecule has 2 aliphatic rings. The van der Waals surface area contributed by atoms with Crippen molar-refractivity contribution in [3.63, 3.8) is 0 Å². The maximum Gasteiger partial charge on any atom is 0.288 e. The number of hydrogen-bond donors (Lipinski definition) is 0. The largest absolute Gasteiger partial charge is 0.478 e. The molecule has 0 aliphatic carbocycles. The van der Waals surface area contributed by atoms with E-state index in [2.05, 4.69) is 25.9 Å². The Hall–Kier alpha value is -4.57. The summed E-state index contributed by atoms with van der Waals surface area (Å²) in [5.74, 6) is -0.640. The summed E-state index contributed by atoms with van der Waals surface area (Å²) in [5, 5.41) is 9.77. The van der Waals surface area contributed by atoms with E-state index in [9.17, 15) is 13.7 Å². The van der Waals surface area contributed by atoms with Crippen molar-refractivity contribution in [2.45, 2.75) is 24.4 Å². The van der Waals surface area contributed by atoms with Gasteiger partial charge in [-0.25, -0.2) is 9.97 Å². The highest BCUT2D eigenvalue weighted by molar-refractivity contribution is 7.93. The summed E-state index contributed by atoms with van der Waals surface area (Å²) >= 11 is 6.30. The van der Waals surface area contributed by atoms with Crippen LogP contribution in [0, 0.1) is 18.3 Å². The van der Waals surface area contributed by atoms with Crippen LogP contribution < -0.4 is 13.9 Å². The average Bonchev–Trinajstić information content (AvgIpc) is 3.30. The van der Waals surface area contributed by atoms with E-state index >= 15 is 4.79 Å². The molecule has 6 rings (SSSR count). The first-order chi connectivity index (χ1) is 21.2. The van der Waals surface area contributed by atoms with Crippen molar-refractivity contribution in [3.8, 4) is 11.9 Å². The summed E-state index contributed by atoms with van der Waals surface area (Å²) in [4.78, 5) is 31.9. The molecule has 1 atom stereocenters. The van der Waals surface area contributed by atoms with E-state index in [0.29, 0.717) is 37.3 Å². The molecule has 0 radical (unpaired) electrons. The Balaban J connectivity index is 1.59. The van der Waals surface area contributed by atoms with Gasteiger partial charge in [-0.05, 0) is 67.9 Å². The van der Waals surface area contributed by atoms with Gasteiger partial charge in [0, 0.05) is 61.6 Å². The number of ether oxygens (including phenoxy) is 1. The summed E-state index contributed by atoms with van der Waals surface area (Å²) in [6.07, 6.45) is 4.88. The van der Waals surface area contributed by atoms with E-state index in [0.717, 1.165) is 15.6 Å². The van der Waals surface area contributed by atoms with Crippen LogP contribution in [0.5, 0.6) is 5.88 Å². The second-order valence-electron chi connectivity index (χ2n) is 10.4. The first kappa shape index (κ1) is 29.5. The van der Waals surface area contributed by atoms with Crippen molar-refractivity contribution in [3.05, 3.63) is 101 Å². The highest BCUT2D eigenvalue weighted by Gasteiger charge is 2.61. The zero-order valence-corrected chi connectivity index (χ0v) is 25.6. The lowest BCUT2D eigenvalue weighted by Crippen LogP contribution is -2.60. The number of benzene rings is 1. The van der Waals surface area contributed by atoms with Gasteiger partial charge in [-0.15, -0.1) is 0 Å². The van der Waals surface area contributed by atoms with Crippen molar-refractivity contribution in [2.75, 3.05) is 42.0 Å². The fourth-order valence-corrected chi connectivity index (χ4v) is 7.44. The molecule has 0 saturated carbocycles. The van der Waals surface area contributed by atoms with Gasteiger partial charge in [0.1, 0.15) is 5.15 Å². The molecule has 1 aromatic carbocycles. The minimum atomic E-state index is -4.48. The number of nitriles is 1. The molecule has 44 heavy (non-hydrogen) atoms. The molecule has 1 amide bonds. The van der Waals surface area contributed by atoms with Gasteiger partial charge in [-0.1, -0.05) is 17.7 Å². The monoisotopic (exact) mass is 629 g/mol. The Morgan fingerprint density at radius 2 is 1.77 bits per heavy atom. The Morgan fingerprint density at radius 1 is 1.02 bits per heavy atom.